The van der Waals surface area contributed by atoms with E-state index in [2.05, 4.69) is 38.1 Å². The minimum Gasteiger partial charge on any atom is -0.406 e. The molecule has 228 valence electrons. The zero-order chi connectivity index (χ0) is 31.4. The molecule has 0 spiro atoms. The van der Waals surface area contributed by atoms with Crippen molar-refractivity contribution in [1.82, 2.24) is 24.6 Å². The maximum absolute atomic E-state index is 13.0. The van der Waals surface area contributed by atoms with Crippen LogP contribution in [-0.2, 0) is 6.42 Å². The Kier molecular flexibility index (Phi) is 9.00. The summed E-state index contributed by atoms with van der Waals surface area (Å²) in [6.07, 6.45) is -2.39. The van der Waals surface area contributed by atoms with Gasteiger partial charge in [-0.3, -0.25) is 4.57 Å². The van der Waals surface area contributed by atoms with Crippen LogP contribution >= 0.6 is 11.3 Å². The Morgan fingerprint density at radius 1 is 1.05 bits per heavy atom. The number of ether oxygens (including phenoxy) is 1. The van der Waals surface area contributed by atoms with Crippen LogP contribution in [0.5, 0.6) is 5.75 Å². The number of carbonyl (C=O) groups is 1. The van der Waals surface area contributed by atoms with Gasteiger partial charge in [0.2, 0.25) is 0 Å². The number of aromatic nitrogens is 4. The molecule has 44 heavy (non-hydrogen) atoms. The molecule has 2 atom stereocenters. The van der Waals surface area contributed by atoms with Crippen LogP contribution in [-0.4, -0.2) is 37.8 Å². The lowest BCUT2D eigenvalue weighted by Crippen LogP contribution is -2.35. The van der Waals surface area contributed by atoms with Gasteiger partial charge in [-0.25, -0.2) is 14.5 Å². The highest BCUT2D eigenvalue weighted by Gasteiger charge is 2.31. The molecular weight excluding hydrogens is 589 g/mol. The van der Waals surface area contributed by atoms with Crippen molar-refractivity contribution in [2.75, 3.05) is 0 Å². The monoisotopic (exact) mass is 620 g/mol. The summed E-state index contributed by atoms with van der Waals surface area (Å²) < 4.78 is 44.7. The van der Waals surface area contributed by atoms with Crippen LogP contribution in [0.1, 0.15) is 43.5 Å². The number of rotatable bonds is 8. The number of hydrogen-bond acceptors (Lipinski definition) is 5. The van der Waals surface area contributed by atoms with Gasteiger partial charge in [0.15, 0.2) is 10.6 Å². The maximum Gasteiger partial charge on any atom is 0.573 e. The Bertz CT molecular complexity index is 1810. The first-order valence-corrected chi connectivity index (χ1v) is 14.9. The van der Waals surface area contributed by atoms with Crippen LogP contribution in [0, 0.1) is 6.92 Å². The van der Waals surface area contributed by atoms with Crippen LogP contribution in [0.15, 0.2) is 89.5 Å². The van der Waals surface area contributed by atoms with E-state index in [1.807, 2.05) is 73.2 Å². The van der Waals surface area contributed by atoms with Crippen LogP contribution in [0.2, 0.25) is 0 Å². The Hall–Kier alpha value is -4.71. The zero-order valence-corrected chi connectivity index (χ0v) is 25.4. The van der Waals surface area contributed by atoms with Crippen molar-refractivity contribution in [1.29, 1.82) is 0 Å². The molecule has 0 aliphatic rings. The first-order valence-electron chi connectivity index (χ1n) is 14.0. The molecule has 12 heteroatoms. The molecule has 2 heterocycles. The van der Waals surface area contributed by atoms with Crippen LogP contribution in [0.4, 0.5) is 18.0 Å². The van der Waals surface area contributed by atoms with E-state index in [9.17, 15) is 18.0 Å². The standard InChI is InChI=1S/C32H31F3N6O2S/c1-5-23-8-6-7-9-28(23)41-20(2)18-44-31(41)38-30(42)37-22(4)21(3)24-10-12-25(13-11-24)29-36-19-40(39-29)26-14-16-27(17-15-26)43-32(33,34)35/h6-19,21-22H,5H2,1-4H3,(H,37,42). The second-order valence-electron chi connectivity index (χ2n) is 10.3. The van der Waals surface area contributed by atoms with Crippen molar-refractivity contribution in [3.63, 3.8) is 0 Å². The average Bonchev–Trinajstić information content (AvgIpc) is 3.63. The Morgan fingerprint density at radius 2 is 1.75 bits per heavy atom. The molecule has 0 radical (unpaired) electrons. The number of aryl methyl sites for hydroxylation is 2. The number of amides is 2. The van der Waals surface area contributed by atoms with E-state index in [-0.39, 0.29) is 17.7 Å². The summed E-state index contributed by atoms with van der Waals surface area (Å²) in [6, 6.07) is 20.6. The molecule has 5 aromatic rings. The molecule has 0 saturated heterocycles. The van der Waals surface area contributed by atoms with Gasteiger partial charge in [-0.05, 0) is 61.7 Å². The molecular formula is C32H31F3N6O2S. The molecule has 0 fully saturated rings. The second kappa shape index (κ2) is 12.9. The highest BCUT2D eigenvalue weighted by Crippen LogP contribution is 2.25. The fraction of sp³-hybridized carbons (Fsp3) is 0.250. The molecule has 5 rings (SSSR count). The first-order chi connectivity index (χ1) is 21.0. The summed E-state index contributed by atoms with van der Waals surface area (Å²) in [7, 11) is 0. The van der Waals surface area contributed by atoms with Crippen LogP contribution < -0.4 is 14.9 Å². The Balaban J connectivity index is 1.25. The third-order valence-corrected chi connectivity index (χ3v) is 8.26. The normalized spacial score (nSPS) is 13.5. The van der Waals surface area contributed by atoms with E-state index in [4.69, 9.17) is 0 Å². The fourth-order valence-electron chi connectivity index (χ4n) is 4.78. The van der Waals surface area contributed by atoms with Crippen molar-refractivity contribution >= 4 is 17.4 Å². The number of carbonyl (C=O) groups excluding carboxylic acids is 1. The molecule has 0 saturated carbocycles. The zero-order valence-electron chi connectivity index (χ0n) is 24.5. The number of halogens is 3. The lowest BCUT2D eigenvalue weighted by Gasteiger charge is -2.21. The third kappa shape index (κ3) is 7.08. The van der Waals surface area contributed by atoms with Gasteiger partial charge in [0.25, 0.3) is 0 Å². The van der Waals surface area contributed by atoms with Crippen molar-refractivity contribution < 1.29 is 22.7 Å². The highest BCUT2D eigenvalue weighted by molar-refractivity contribution is 7.07. The maximum atomic E-state index is 13.0. The van der Waals surface area contributed by atoms with E-state index in [0.717, 1.165) is 28.9 Å². The van der Waals surface area contributed by atoms with E-state index >= 15 is 0 Å². The number of thiazole rings is 1. The lowest BCUT2D eigenvalue weighted by molar-refractivity contribution is -0.274. The molecule has 3 aromatic carbocycles. The van der Waals surface area contributed by atoms with E-state index in [0.29, 0.717) is 16.3 Å². The minimum atomic E-state index is -4.75. The number of para-hydroxylation sites is 1. The van der Waals surface area contributed by atoms with Gasteiger partial charge in [-0.1, -0.05) is 56.3 Å². The molecule has 0 aliphatic carbocycles. The number of benzene rings is 3. The van der Waals surface area contributed by atoms with Gasteiger partial charge in [-0.2, -0.15) is 4.99 Å². The third-order valence-electron chi connectivity index (χ3n) is 7.31. The largest absolute Gasteiger partial charge is 0.573 e. The Labute approximate surface area is 256 Å². The van der Waals surface area contributed by atoms with Gasteiger partial charge in [0, 0.05) is 28.6 Å². The van der Waals surface area contributed by atoms with Crippen molar-refractivity contribution in [3.8, 4) is 28.5 Å². The number of urea groups is 1. The summed E-state index contributed by atoms with van der Waals surface area (Å²) in [6.45, 7) is 8.08. The van der Waals surface area contributed by atoms with E-state index in [1.165, 1.54) is 52.2 Å². The number of nitrogens with one attached hydrogen (secondary N) is 1. The first kappa shape index (κ1) is 30.7. The smallest absolute Gasteiger partial charge is 0.406 e. The summed E-state index contributed by atoms with van der Waals surface area (Å²) >= 11 is 1.43. The average molecular weight is 621 g/mol. The predicted molar refractivity (Wildman–Crippen MR) is 163 cm³/mol. The SMILES string of the molecule is CCc1ccccc1-n1c(C)csc1=NC(=O)NC(C)C(C)c1ccc(-c2ncn(-c3ccc(OC(F)(F)F)cc3)n2)cc1. The summed E-state index contributed by atoms with van der Waals surface area (Å²) in [5.41, 5.74) is 5.54. The highest BCUT2D eigenvalue weighted by atomic mass is 32.1. The van der Waals surface area contributed by atoms with E-state index in [1.54, 1.807) is 0 Å². The van der Waals surface area contributed by atoms with E-state index < -0.39 is 12.4 Å². The van der Waals surface area contributed by atoms with Crippen molar-refractivity contribution in [3.05, 3.63) is 106 Å². The molecule has 2 unspecified atom stereocenters. The number of alkyl halides is 3. The molecule has 2 aromatic heterocycles. The lowest BCUT2D eigenvalue weighted by atomic mass is 9.93. The topological polar surface area (TPSA) is 86.3 Å². The fourth-order valence-corrected chi connectivity index (χ4v) is 5.64. The van der Waals surface area contributed by atoms with Crippen molar-refractivity contribution in [2.24, 2.45) is 4.99 Å². The predicted octanol–water partition coefficient (Wildman–Crippen LogP) is 7.36. The van der Waals surface area contributed by atoms with Gasteiger partial charge in [0.05, 0.1) is 11.4 Å². The minimum absolute atomic E-state index is 0.0100. The molecule has 8 nitrogen and oxygen atoms in total. The van der Waals surface area contributed by atoms with Gasteiger partial charge < -0.3 is 10.1 Å². The number of hydrogen-bond donors (Lipinski definition) is 1. The molecule has 0 aliphatic heterocycles. The molecule has 0 bridgehead atoms. The van der Waals surface area contributed by atoms with Gasteiger partial charge in [-0.15, -0.1) is 29.6 Å². The second-order valence-corrected chi connectivity index (χ2v) is 11.1. The van der Waals surface area contributed by atoms with Gasteiger partial charge >= 0.3 is 12.4 Å². The summed E-state index contributed by atoms with van der Waals surface area (Å²) in [5.74, 6) is 0.140. The van der Waals surface area contributed by atoms with Crippen LogP contribution in [0.25, 0.3) is 22.8 Å². The quantitative estimate of drug-likeness (QED) is 0.196. The van der Waals surface area contributed by atoms with Crippen molar-refractivity contribution in [2.45, 2.75) is 52.4 Å². The molecule has 2 amide bonds. The number of nitrogens with zero attached hydrogens (tertiary/aromatic N) is 5. The molecule has 1 N–H and O–H groups in total. The van der Waals surface area contributed by atoms with Crippen LogP contribution in [0.3, 0.4) is 0 Å². The van der Waals surface area contributed by atoms with Gasteiger partial charge in [0.1, 0.15) is 12.1 Å². The summed E-state index contributed by atoms with van der Waals surface area (Å²) in [4.78, 5) is 22.3. The summed E-state index contributed by atoms with van der Waals surface area (Å²) in [5, 5.41) is 9.47. The Morgan fingerprint density at radius 3 is 2.43 bits per heavy atom.